The summed E-state index contributed by atoms with van der Waals surface area (Å²) in [6.45, 7) is -0.114. The number of phenolic OH excluding ortho intramolecular Hbond substituents is 2. The minimum Gasteiger partial charge on any atom is -0.508 e. The number of rotatable bonds is 34. The first-order valence-electron chi connectivity index (χ1n) is 25.8. The van der Waals surface area contributed by atoms with Crippen LogP contribution in [0, 0.1) is 0 Å². The van der Waals surface area contributed by atoms with Crippen molar-refractivity contribution in [1.29, 1.82) is 0 Å². The molecule has 1 heterocycles. The van der Waals surface area contributed by atoms with Crippen LogP contribution in [0.15, 0.2) is 53.5 Å². The normalized spacial score (nSPS) is 16.1. The van der Waals surface area contributed by atoms with Crippen molar-refractivity contribution in [1.82, 2.24) is 42.1 Å². The first-order valence-corrected chi connectivity index (χ1v) is 25.8. The highest BCUT2D eigenvalue weighted by atomic mass is 16.4. The van der Waals surface area contributed by atoms with E-state index in [0.29, 0.717) is 11.1 Å². The lowest BCUT2D eigenvalue weighted by atomic mass is 10.0. The molecule has 1 aliphatic rings. The van der Waals surface area contributed by atoms with Crippen LogP contribution in [0.2, 0.25) is 0 Å². The second kappa shape index (κ2) is 32.8. The van der Waals surface area contributed by atoms with Crippen molar-refractivity contribution < 1.29 is 83.1 Å². The van der Waals surface area contributed by atoms with E-state index in [9.17, 15) is 83.1 Å². The van der Waals surface area contributed by atoms with Crippen LogP contribution < -0.4 is 71.6 Å². The summed E-state index contributed by atoms with van der Waals surface area (Å²) in [6.07, 6.45) is -4.37. The molecular formula is C50H73N15O17. The first-order chi connectivity index (χ1) is 38.6. The van der Waals surface area contributed by atoms with Crippen molar-refractivity contribution >= 4 is 76.9 Å². The Morgan fingerprint density at radius 2 is 1.06 bits per heavy atom. The average Bonchev–Trinajstić information content (AvgIpc) is 3.97. The van der Waals surface area contributed by atoms with Gasteiger partial charge in [0, 0.05) is 38.8 Å². The van der Waals surface area contributed by atoms with E-state index >= 15 is 0 Å². The van der Waals surface area contributed by atoms with Gasteiger partial charge in [0.05, 0.1) is 25.2 Å². The number of nitrogens with zero attached hydrogens (tertiary/aromatic N) is 2. The molecular weight excluding hydrogens is 1080 g/mol. The maximum Gasteiger partial charge on any atom is 0.328 e. The molecule has 0 aliphatic carbocycles. The zero-order valence-corrected chi connectivity index (χ0v) is 44.8. The van der Waals surface area contributed by atoms with E-state index in [4.69, 9.17) is 34.4 Å². The fourth-order valence-electron chi connectivity index (χ4n) is 8.29. The number of aliphatic hydroxyl groups is 2. The Hall–Kier alpha value is -9.17. The van der Waals surface area contributed by atoms with Gasteiger partial charge in [-0.1, -0.05) is 24.3 Å². The molecule has 10 atom stereocenters. The minimum atomic E-state index is -1.95. The number of primary amides is 3. The van der Waals surface area contributed by atoms with Crippen LogP contribution in [0.3, 0.4) is 0 Å². The van der Waals surface area contributed by atoms with Gasteiger partial charge in [0.1, 0.15) is 53.8 Å². The Morgan fingerprint density at radius 3 is 1.59 bits per heavy atom. The predicted molar refractivity (Wildman–Crippen MR) is 287 cm³/mol. The van der Waals surface area contributed by atoms with Crippen LogP contribution in [0.5, 0.6) is 11.5 Å². The minimum absolute atomic E-state index is 0.00282. The molecule has 24 N–H and O–H groups in total. The Kier molecular flexibility index (Phi) is 26.8. The van der Waals surface area contributed by atoms with Crippen LogP contribution >= 0.6 is 0 Å². The summed E-state index contributed by atoms with van der Waals surface area (Å²) in [7, 11) is 0. The lowest BCUT2D eigenvalue weighted by molar-refractivity contribution is -0.145. The molecule has 32 nitrogen and oxygen atoms in total. The third kappa shape index (κ3) is 22.5. The Balaban J connectivity index is 1.93. The number of carboxylic acid groups (broad SMARTS) is 1. The SMILES string of the molecule is C[C@@H](O)[C@H](NC(=O)[C@H](CCCN=C(N)N)NC(=O)[C@@H]1CCCN1C(=O)[C@H](Cc1ccc(O)cc1)NC(=O)[C@H](CO)NC(=O)[C@H](CC(N)=O)NC(=O)[C@H](Cc1ccc(O)cc1)NC(=O)[C@H](CCC(N)=O)NC(=O)[C@@H](N)CCC(N)=O)C(=O)O. The van der Waals surface area contributed by atoms with Gasteiger partial charge < -0.3 is 102 Å². The van der Waals surface area contributed by atoms with Gasteiger partial charge in [0.2, 0.25) is 65.0 Å². The number of guanidine groups is 1. The number of hydrogen-bond donors (Lipinski definition) is 18. The fraction of sp³-hybridized carbons (Fsp3) is 0.500. The first kappa shape index (κ1) is 67.1. The van der Waals surface area contributed by atoms with Gasteiger partial charge in [-0.2, -0.15) is 0 Å². The van der Waals surface area contributed by atoms with E-state index in [2.05, 4.69) is 42.2 Å². The molecule has 0 aromatic heterocycles. The van der Waals surface area contributed by atoms with Crippen LogP contribution in [0.25, 0.3) is 0 Å². The van der Waals surface area contributed by atoms with E-state index in [0.717, 1.165) is 11.8 Å². The molecule has 0 bridgehead atoms. The third-order valence-corrected chi connectivity index (χ3v) is 12.7. The van der Waals surface area contributed by atoms with Crippen LogP contribution in [0.1, 0.15) is 75.8 Å². The van der Waals surface area contributed by atoms with Crippen LogP contribution in [-0.4, -0.2) is 188 Å². The number of aromatic hydroxyl groups is 2. The van der Waals surface area contributed by atoms with Crippen LogP contribution in [0.4, 0.5) is 0 Å². The molecule has 450 valence electrons. The molecule has 32 heteroatoms. The van der Waals surface area contributed by atoms with E-state index in [1.807, 2.05) is 0 Å². The number of nitrogens with two attached hydrogens (primary N) is 6. The number of aliphatic imine (C=N–C) groups is 1. The average molecular weight is 1160 g/mol. The van der Waals surface area contributed by atoms with Crippen molar-refractivity contribution in [3.63, 3.8) is 0 Å². The summed E-state index contributed by atoms with van der Waals surface area (Å²) in [4.78, 5) is 163. The number of carbonyl (C=O) groups excluding carboxylic acids is 11. The second-order valence-electron chi connectivity index (χ2n) is 19.3. The summed E-state index contributed by atoms with van der Waals surface area (Å²) in [5.41, 5.74) is 33.3. The monoisotopic (exact) mass is 1160 g/mol. The number of phenols is 2. The number of aliphatic carboxylic acids is 1. The largest absolute Gasteiger partial charge is 0.508 e. The molecule has 1 saturated heterocycles. The van der Waals surface area contributed by atoms with Gasteiger partial charge in [-0.15, -0.1) is 0 Å². The Bertz CT molecular complexity index is 2640. The van der Waals surface area contributed by atoms with E-state index in [1.54, 1.807) is 0 Å². The third-order valence-electron chi connectivity index (χ3n) is 12.7. The number of amides is 11. The molecule has 2 aromatic rings. The van der Waals surface area contributed by atoms with Crippen molar-refractivity contribution in [3.8, 4) is 11.5 Å². The molecule has 0 unspecified atom stereocenters. The predicted octanol–water partition coefficient (Wildman–Crippen LogP) is -7.49. The lowest BCUT2D eigenvalue weighted by Gasteiger charge is -2.31. The Labute approximate surface area is 469 Å². The molecule has 1 fully saturated rings. The molecule has 11 amide bonds. The highest BCUT2D eigenvalue weighted by molar-refractivity contribution is 5.99. The lowest BCUT2D eigenvalue weighted by Crippen LogP contribution is -2.61. The van der Waals surface area contributed by atoms with Gasteiger partial charge in [-0.05, 0) is 80.8 Å². The highest BCUT2D eigenvalue weighted by Gasteiger charge is 2.41. The van der Waals surface area contributed by atoms with E-state index in [1.165, 1.54) is 48.5 Å². The molecule has 82 heavy (non-hydrogen) atoms. The number of carboxylic acids is 1. The molecule has 2 aromatic carbocycles. The molecule has 0 saturated carbocycles. The maximum atomic E-state index is 14.6. The zero-order valence-electron chi connectivity index (χ0n) is 44.8. The zero-order chi connectivity index (χ0) is 61.4. The van der Waals surface area contributed by atoms with Gasteiger partial charge in [-0.25, -0.2) is 4.79 Å². The number of likely N-dealkylation sites (tertiary alicyclic amines) is 1. The summed E-state index contributed by atoms with van der Waals surface area (Å²) < 4.78 is 0. The number of benzene rings is 2. The van der Waals surface area contributed by atoms with Gasteiger partial charge >= 0.3 is 5.97 Å². The van der Waals surface area contributed by atoms with E-state index < -0.39 is 157 Å². The maximum absolute atomic E-state index is 14.6. The number of aliphatic hydroxyl groups excluding tert-OH is 2. The van der Waals surface area contributed by atoms with Crippen molar-refractivity contribution in [2.45, 2.75) is 138 Å². The summed E-state index contributed by atoms with van der Waals surface area (Å²) in [5.74, 6) is -13.4. The van der Waals surface area contributed by atoms with Gasteiger partial charge in [0.15, 0.2) is 12.0 Å². The molecule has 1 aliphatic heterocycles. The van der Waals surface area contributed by atoms with Gasteiger partial charge in [0.25, 0.3) is 0 Å². The number of carbonyl (C=O) groups is 12. The second-order valence-corrected chi connectivity index (χ2v) is 19.3. The van der Waals surface area contributed by atoms with Crippen molar-refractivity contribution in [3.05, 3.63) is 59.7 Å². The molecule has 3 rings (SSSR count). The molecule has 0 radical (unpaired) electrons. The van der Waals surface area contributed by atoms with Crippen molar-refractivity contribution in [2.24, 2.45) is 39.4 Å². The Morgan fingerprint density at radius 1 is 0.598 bits per heavy atom. The standard InChI is InChI=1S/C50H73N15O17/c1-24(67)40(49(81)82)64-43(75)30(4-2-18-57-50(55)56)59-47(79)36-5-3-19-65(36)48(80)34(21-26-8-12-28(69)13-9-26)62-46(78)35(23-66)63-45(77)33(22-39(54)72)61-44(76)32(20-25-6-10-27(68)11-7-25)60-42(74)31(15-17-38(53)71)58-41(73)29(51)14-16-37(52)70/h6-13,24,29-36,40,66-69H,2-5,14-23,51H2,1H3,(H2,52,70)(H2,53,71)(H2,54,72)(H,58,73)(H,59,79)(H,60,74)(H,61,76)(H,62,78)(H,63,77)(H,64,75)(H,81,82)(H4,55,56,57)/t24-,29+,30+,31+,32+,33+,34+,35+,36+,40+/m1/s1. The number of hydrogen-bond acceptors (Lipinski definition) is 18. The van der Waals surface area contributed by atoms with Gasteiger partial charge in [-0.3, -0.25) is 57.7 Å². The quantitative estimate of drug-likeness (QED) is 0.0176. The van der Waals surface area contributed by atoms with Crippen molar-refractivity contribution in [2.75, 3.05) is 19.7 Å². The summed E-state index contributed by atoms with van der Waals surface area (Å²) in [5, 5.41) is 66.4. The molecule has 0 spiro atoms. The summed E-state index contributed by atoms with van der Waals surface area (Å²) in [6, 6.07) is -3.94. The fourth-order valence-corrected chi connectivity index (χ4v) is 8.29. The van der Waals surface area contributed by atoms with E-state index in [-0.39, 0.29) is 81.9 Å². The van der Waals surface area contributed by atoms with Crippen LogP contribution in [-0.2, 0) is 70.4 Å². The smallest absolute Gasteiger partial charge is 0.328 e. The topological polar surface area (TPSA) is 562 Å². The highest BCUT2D eigenvalue weighted by Crippen LogP contribution is 2.22. The summed E-state index contributed by atoms with van der Waals surface area (Å²) >= 11 is 0. The number of nitrogens with one attached hydrogen (secondary N) is 7.